The van der Waals surface area contributed by atoms with Crippen molar-refractivity contribution >= 4 is 28.1 Å². The number of hydrogen-bond acceptors (Lipinski definition) is 4. The first-order valence-corrected chi connectivity index (χ1v) is 7.94. The van der Waals surface area contributed by atoms with Crippen molar-refractivity contribution in [1.29, 1.82) is 0 Å². The van der Waals surface area contributed by atoms with E-state index in [0.29, 0.717) is 21.7 Å². The summed E-state index contributed by atoms with van der Waals surface area (Å²) in [5.41, 5.74) is 1.41. The van der Waals surface area contributed by atoms with Crippen molar-refractivity contribution in [2.75, 3.05) is 11.6 Å². The zero-order valence-electron chi connectivity index (χ0n) is 12.0. The molecule has 0 radical (unpaired) electrons. The van der Waals surface area contributed by atoms with E-state index >= 15 is 0 Å². The summed E-state index contributed by atoms with van der Waals surface area (Å²) in [5.74, 6) is -0.349. The minimum absolute atomic E-state index is 0.0520. The molecule has 0 heterocycles. The molecule has 22 heavy (non-hydrogen) atoms. The van der Waals surface area contributed by atoms with E-state index in [2.05, 4.69) is 5.32 Å². The van der Waals surface area contributed by atoms with Gasteiger partial charge in [0.15, 0.2) is 0 Å². The number of aryl methyl sites for hydroxylation is 1. The molecule has 0 saturated carbocycles. The minimum atomic E-state index is -1.07. The minimum Gasteiger partial charge on any atom is -0.322 e. The highest BCUT2D eigenvalue weighted by Gasteiger charge is 2.13. The molecule has 0 aromatic heterocycles. The molecule has 6 nitrogen and oxygen atoms in total. The van der Waals surface area contributed by atoms with Gasteiger partial charge >= 0.3 is 0 Å². The van der Waals surface area contributed by atoms with Crippen LogP contribution in [-0.4, -0.2) is 21.3 Å². The molecule has 0 aliphatic carbocycles. The molecular weight excluding hydrogens is 304 g/mol. The summed E-state index contributed by atoms with van der Waals surface area (Å²) in [5, 5.41) is 13.4. The molecule has 0 spiro atoms. The highest BCUT2D eigenvalue weighted by molar-refractivity contribution is 7.84. The fraction of sp³-hybridized carbons (Fsp3) is 0.133. The van der Waals surface area contributed by atoms with Gasteiger partial charge in [-0.1, -0.05) is 0 Å². The standard InChI is InChI=1S/C15H14N2O4S/c1-10-9-12(17(19)20)5-8-14(10)15(18)16-11-3-6-13(7-4-11)22(2)21/h3-9H,1-2H3,(H,16,18)/t22-/m0/s1. The summed E-state index contributed by atoms with van der Waals surface area (Å²) in [4.78, 5) is 23.1. The van der Waals surface area contributed by atoms with Gasteiger partial charge in [-0.05, 0) is 42.8 Å². The number of carbonyl (C=O) groups is 1. The molecule has 0 saturated heterocycles. The molecule has 1 N–H and O–H groups in total. The van der Waals surface area contributed by atoms with E-state index in [-0.39, 0.29) is 11.6 Å². The maximum absolute atomic E-state index is 12.2. The number of nitro benzene ring substituents is 1. The third kappa shape index (κ3) is 3.56. The number of anilines is 1. The Bertz CT molecular complexity index is 757. The maximum Gasteiger partial charge on any atom is 0.269 e. The second-order valence-electron chi connectivity index (χ2n) is 4.69. The number of nitro groups is 1. The van der Waals surface area contributed by atoms with E-state index < -0.39 is 15.7 Å². The molecule has 2 aromatic carbocycles. The largest absolute Gasteiger partial charge is 0.322 e. The van der Waals surface area contributed by atoms with Crippen LogP contribution in [0.1, 0.15) is 15.9 Å². The molecule has 0 bridgehead atoms. The Morgan fingerprint density at radius 3 is 2.32 bits per heavy atom. The van der Waals surface area contributed by atoms with Gasteiger partial charge in [0, 0.05) is 45.3 Å². The molecule has 2 aromatic rings. The maximum atomic E-state index is 12.2. The lowest BCUT2D eigenvalue weighted by molar-refractivity contribution is -0.384. The van der Waals surface area contributed by atoms with Gasteiger partial charge in [-0.2, -0.15) is 0 Å². The SMILES string of the molecule is Cc1cc([N+](=O)[O-])ccc1C(=O)Nc1ccc([S@](C)=O)cc1. The van der Waals surface area contributed by atoms with Crippen molar-refractivity contribution in [3.05, 3.63) is 63.7 Å². The number of rotatable bonds is 4. The fourth-order valence-corrected chi connectivity index (χ4v) is 2.46. The predicted molar refractivity (Wildman–Crippen MR) is 84.6 cm³/mol. The van der Waals surface area contributed by atoms with Gasteiger partial charge < -0.3 is 5.32 Å². The van der Waals surface area contributed by atoms with E-state index in [1.54, 1.807) is 37.4 Å². The van der Waals surface area contributed by atoms with Gasteiger partial charge in [0.05, 0.1) is 4.92 Å². The van der Waals surface area contributed by atoms with Gasteiger partial charge in [0.2, 0.25) is 0 Å². The van der Waals surface area contributed by atoms with Crippen LogP contribution in [0.4, 0.5) is 11.4 Å². The summed E-state index contributed by atoms with van der Waals surface area (Å²) in [7, 11) is -1.07. The average Bonchev–Trinajstić information content (AvgIpc) is 2.47. The van der Waals surface area contributed by atoms with Crippen LogP contribution in [0.2, 0.25) is 0 Å². The normalized spacial score (nSPS) is 11.7. The number of amides is 1. The highest BCUT2D eigenvalue weighted by Crippen LogP contribution is 2.19. The Labute approximate surface area is 129 Å². The van der Waals surface area contributed by atoms with Crippen molar-refractivity contribution in [3.8, 4) is 0 Å². The lowest BCUT2D eigenvalue weighted by Gasteiger charge is -2.08. The van der Waals surface area contributed by atoms with Crippen molar-refractivity contribution in [3.63, 3.8) is 0 Å². The van der Waals surface area contributed by atoms with Crippen molar-refractivity contribution in [1.82, 2.24) is 0 Å². The fourth-order valence-electron chi connectivity index (χ4n) is 1.94. The second-order valence-corrected chi connectivity index (χ2v) is 6.07. The first-order chi connectivity index (χ1) is 10.4. The number of carbonyl (C=O) groups excluding carboxylic acids is 1. The number of nitrogens with zero attached hydrogens (tertiary/aromatic N) is 1. The Balaban J connectivity index is 2.18. The first kappa shape index (κ1) is 15.8. The summed E-state index contributed by atoms with van der Waals surface area (Å²) in [6.07, 6.45) is 1.58. The molecule has 0 unspecified atom stereocenters. The van der Waals surface area contributed by atoms with E-state index in [1.807, 2.05) is 0 Å². The van der Waals surface area contributed by atoms with Crippen LogP contribution < -0.4 is 5.32 Å². The van der Waals surface area contributed by atoms with Crippen LogP contribution in [0.5, 0.6) is 0 Å². The van der Waals surface area contributed by atoms with Crippen LogP contribution in [0.25, 0.3) is 0 Å². The molecule has 1 amide bonds. The lowest BCUT2D eigenvalue weighted by Crippen LogP contribution is -2.13. The second kappa shape index (κ2) is 6.48. The van der Waals surface area contributed by atoms with Crippen LogP contribution in [0, 0.1) is 17.0 Å². The molecule has 0 aliphatic heterocycles. The summed E-state index contributed by atoms with van der Waals surface area (Å²) in [6, 6.07) is 10.8. The summed E-state index contributed by atoms with van der Waals surface area (Å²) >= 11 is 0. The van der Waals surface area contributed by atoms with E-state index in [4.69, 9.17) is 0 Å². The van der Waals surface area contributed by atoms with E-state index in [9.17, 15) is 19.1 Å². The quantitative estimate of drug-likeness (QED) is 0.693. The van der Waals surface area contributed by atoms with Crippen LogP contribution in [0.15, 0.2) is 47.4 Å². The highest BCUT2D eigenvalue weighted by atomic mass is 32.2. The molecule has 0 aliphatic rings. The lowest BCUT2D eigenvalue weighted by atomic mass is 10.1. The Hall–Kier alpha value is -2.54. The smallest absolute Gasteiger partial charge is 0.269 e. The van der Waals surface area contributed by atoms with Crippen LogP contribution in [0.3, 0.4) is 0 Å². The van der Waals surface area contributed by atoms with E-state index in [0.717, 1.165) is 0 Å². The third-order valence-corrected chi connectivity index (χ3v) is 4.05. The van der Waals surface area contributed by atoms with Gasteiger partial charge in [-0.15, -0.1) is 0 Å². The monoisotopic (exact) mass is 318 g/mol. The molecule has 114 valence electrons. The molecule has 1 atom stereocenters. The summed E-state index contributed by atoms with van der Waals surface area (Å²) < 4.78 is 11.3. The average molecular weight is 318 g/mol. The molecule has 0 fully saturated rings. The number of hydrogen-bond donors (Lipinski definition) is 1. The molecule has 2 rings (SSSR count). The van der Waals surface area contributed by atoms with Gasteiger partial charge in [-0.3, -0.25) is 19.1 Å². The predicted octanol–water partition coefficient (Wildman–Crippen LogP) is 2.89. The number of non-ortho nitro benzene ring substituents is 1. The van der Waals surface area contributed by atoms with E-state index in [1.165, 1.54) is 18.2 Å². The van der Waals surface area contributed by atoms with Crippen LogP contribution >= 0.6 is 0 Å². The van der Waals surface area contributed by atoms with Crippen molar-refractivity contribution in [2.45, 2.75) is 11.8 Å². The molecular formula is C15H14N2O4S. The van der Waals surface area contributed by atoms with Gasteiger partial charge in [0.25, 0.3) is 11.6 Å². The molecule has 7 heteroatoms. The zero-order chi connectivity index (χ0) is 16.3. The van der Waals surface area contributed by atoms with Crippen LogP contribution in [-0.2, 0) is 10.8 Å². The number of benzene rings is 2. The van der Waals surface area contributed by atoms with Crippen molar-refractivity contribution in [2.24, 2.45) is 0 Å². The van der Waals surface area contributed by atoms with Gasteiger partial charge in [0.1, 0.15) is 0 Å². The topological polar surface area (TPSA) is 89.3 Å². The Morgan fingerprint density at radius 1 is 1.18 bits per heavy atom. The Kier molecular flexibility index (Phi) is 4.67. The van der Waals surface area contributed by atoms with Crippen molar-refractivity contribution < 1.29 is 13.9 Å². The number of nitrogens with one attached hydrogen (secondary N) is 1. The third-order valence-electron chi connectivity index (χ3n) is 3.11. The Morgan fingerprint density at radius 2 is 1.82 bits per heavy atom. The van der Waals surface area contributed by atoms with Gasteiger partial charge in [-0.25, -0.2) is 0 Å². The zero-order valence-corrected chi connectivity index (χ0v) is 12.8. The summed E-state index contributed by atoms with van der Waals surface area (Å²) in [6.45, 7) is 1.64. The first-order valence-electron chi connectivity index (χ1n) is 6.38.